The standard InChI is InChI=1S/C15H26N2O3/c18-14(19)7-4-9-17-10-8-16-15(20)13(17)11-12-5-2-1-3-6-12/h12-13H,1-11H2,(H,16,20)(H,18,19). The average molecular weight is 282 g/mol. The topological polar surface area (TPSA) is 69.6 Å². The summed E-state index contributed by atoms with van der Waals surface area (Å²) in [5.74, 6) is 0.0482. The highest BCUT2D eigenvalue weighted by Gasteiger charge is 2.31. The maximum atomic E-state index is 12.1. The van der Waals surface area contributed by atoms with Gasteiger partial charge in [0.15, 0.2) is 0 Å². The minimum atomic E-state index is -0.754. The highest BCUT2D eigenvalue weighted by atomic mass is 16.4. The van der Waals surface area contributed by atoms with Gasteiger partial charge in [-0.3, -0.25) is 14.5 Å². The van der Waals surface area contributed by atoms with E-state index in [0.29, 0.717) is 18.9 Å². The molecule has 2 rings (SSSR count). The monoisotopic (exact) mass is 282 g/mol. The van der Waals surface area contributed by atoms with Crippen LogP contribution in [0.5, 0.6) is 0 Å². The number of amides is 1. The number of carbonyl (C=O) groups is 2. The molecule has 1 heterocycles. The Bertz CT molecular complexity index is 340. The van der Waals surface area contributed by atoms with E-state index < -0.39 is 5.97 Å². The largest absolute Gasteiger partial charge is 0.481 e. The van der Waals surface area contributed by atoms with Crippen LogP contribution in [0.25, 0.3) is 0 Å². The average Bonchev–Trinajstić information content (AvgIpc) is 2.43. The van der Waals surface area contributed by atoms with Gasteiger partial charge in [-0.05, 0) is 25.3 Å². The van der Waals surface area contributed by atoms with Gasteiger partial charge in [0.25, 0.3) is 0 Å². The third-order valence-electron chi connectivity index (χ3n) is 4.56. The van der Waals surface area contributed by atoms with Crippen molar-refractivity contribution >= 4 is 11.9 Å². The Morgan fingerprint density at radius 2 is 2.05 bits per heavy atom. The van der Waals surface area contributed by atoms with E-state index >= 15 is 0 Å². The summed E-state index contributed by atoms with van der Waals surface area (Å²) in [6.07, 6.45) is 8.15. The van der Waals surface area contributed by atoms with Crippen LogP contribution in [0.3, 0.4) is 0 Å². The molecule has 2 fully saturated rings. The molecule has 1 atom stereocenters. The fourth-order valence-corrected chi connectivity index (χ4v) is 3.46. The second-order valence-electron chi connectivity index (χ2n) is 6.08. The molecule has 0 aromatic carbocycles. The molecule has 0 bridgehead atoms. The van der Waals surface area contributed by atoms with Gasteiger partial charge < -0.3 is 10.4 Å². The number of hydrogen-bond acceptors (Lipinski definition) is 3. The van der Waals surface area contributed by atoms with Crippen molar-refractivity contribution in [1.82, 2.24) is 10.2 Å². The number of carboxylic acids is 1. The van der Waals surface area contributed by atoms with Crippen LogP contribution in [-0.2, 0) is 9.59 Å². The first-order valence-electron chi connectivity index (χ1n) is 7.90. The lowest BCUT2D eigenvalue weighted by atomic mass is 9.84. The van der Waals surface area contributed by atoms with Gasteiger partial charge in [-0.25, -0.2) is 0 Å². The van der Waals surface area contributed by atoms with Gasteiger partial charge in [-0.1, -0.05) is 32.1 Å². The second-order valence-corrected chi connectivity index (χ2v) is 6.08. The van der Waals surface area contributed by atoms with Crippen LogP contribution in [0.4, 0.5) is 0 Å². The zero-order valence-electron chi connectivity index (χ0n) is 12.1. The molecule has 0 aromatic heterocycles. The molecule has 1 aliphatic heterocycles. The van der Waals surface area contributed by atoms with Gasteiger partial charge in [0.05, 0.1) is 6.04 Å². The first-order chi connectivity index (χ1) is 9.66. The molecule has 114 valence electrons. The number of piperazine rings is 1. The Labute approximate surface area is 120 Å². The molecular weight excluding hydrogens is 256 g/mol. The van der Waals surface area contributed by atoms with Crippen LogP contribution in [-0.4, -0.2) is 47.6 Å². The first-order valence-corrected chi connectivity index (χ1v) is 7.90. The highest BCUT2D eigenvalue weighted by molar-refractivity contribution is 5.82. The van der Waals surface area contributed by atoms with E-state index in [0.717, 1.165) is 19.5 Å². The summed E-state index contributed by atoms with van der Waals surface area (Å²) in [5.41, 5.74) is 0. The molecule has 5 heteroatoms. The summed E-state index contributed by atoms with van der Waals surface area (Å²) < 4.78 is 0. The molecular formula is C15H26N2O3. The van der Waals surface area contributed by atoms with Crippen molar-refractivity contribution in [3.63, 3.8) is 0 Å². The number of nitrogens with zero attached hydrogens (tertiary/aromatic N) is 1. The third-order valence-corrected chi connectivity index (χ3v) is 4.56. The zero-order chi connectivity index (χ0) is 14.4. The number of carbonyl (C=O) groups excluding carboxylic acids is 1. The Hall–Kier alpha value is -1.10. The minimum absolute atomic E-state index is 0.0411. The van der Waals surface area contributed by atoms with Crippen molar-refractivity contribution in [1.29, 1.82) is 0 Å². The maximum Gasteiger partial charge on any atom is 0.303 e. The SMILES string of the molecule is O=C(O)CCCN1CCNC(=O)C1CC1CCCCC1. The fraction of sp³-hybridized carbons (Fsp3) is 0.867. The van der Waals surface area contributed by atoms with Gasteiger partial charge in [-0.15, -0.1) is 0 Å². The predicted molar refractivity (Wildman–Crippen MR) is 76.4 cm³/mol. The van der Waals surface area contributed by atoms with E-state index in [1.807, 2.05) is 0 Å². The van der Waals surface area contributed by atoms with Crippen LogP contribution < -0.4 is 5.32 Å². The summed E-state index contributed by atoms with van der Waals surface area (Å²) in [6, 6.07) is -0.0411. The second kappa shape index (κ2) is 7.62. The maximum absolute atomic E-state index is 12.1. The van der Waals surface area contributed by atoms with E-state index in [9.17, 15) is 9.59 Å². The van der Waals surface area contributed by atoms with E-state index in [2.05, 4.69) is 10.2 Å². The summed E-state index contributed by atoms with van der Waals surface area (Å²) in [4.78, 5) is 24.9. The Kier molecular flexibility index (Phi) is 5.83. The molecule has 1 unspecified atom stereocenters. The quantitative estimate of drug-likeness (QED) is 0.777. The predicted octanol–water partition coefficient (Wildman–Crippen LogP) is 1.62. The lowest BCUT2D eigenvalue weighted by Crippen LogP contribution is -2.56. The van der Waals surface area contributed by atoms with Crippen molar-refractivity contribution in [2.24, 2.45) is 5.92 Å². The zero-order valence-corrected chi connectivity index (χ0v) is 12.1. The van der Waals surface area contributed by atoms with Crippen molar-refractivity contribution in [3.8, 4) is 0 Å². The van der Waals surface area contributed by atoms with E-state index in [4.69, 9.17) is 5.11 Å². The van der Waals surface area contributed by atoms with Crippen LogP contribution >= 0.6 is 0 Å². The summed E-state index contributed by atoms with van der Waals surface area (Å²) in [6.45, 7) is 2.26. The molecule has 0 aromatic rings. The molecule has 1 aliphatic carbocycles. The van der Waals surface area contributed by atoms with Gasteiger partial charge in [0.1, 0.15) is 0 Å². The molecule has 0 radical (unpaired) electrons. The molecule has 1 saturated carbocycles. The Morgan fingerprint density at radius 3 is 2.75 bits per heavy atom. The smallest absolute Gasteiger partial charge is 0.303 e. The van der Waals surface area contributed by atoms with Crippen molar-refractivity contribution in [3.05, 3.63) is 0 Å². The molecule has 20 heavy (non-hydrogen) atoms. The van der Waals surface area contributed by atoms with Crippen LogP contribution in [0.2, 0.25) is 0 Å². The number of aliphatic carboxylic acids is 1. The number of hydrogen-bond donors (Lipinski definition) is 2. The Morgan fingerprint density at radius 1 is 1.30 bits per heavy atom. The van der Waals surface area contributed by atoms with Gasteiger partial charge >= 0.3 is 5.97 Å². The molecule has 2 N–H and O–H groups in total. The number of rotatable bonds is 6. The lowest BCUT2D eigenvalue weighted by molar-refractivity contribution is -0.137. The number of carboxylic acid groups (broad SMARTS) is 1. The minimum Gasteiger partial charge on any atom is -0.481 e. The molecule has 0 spiro atoms. The van der Waals surface area contributed by atoms with Gasteiger partial charge in [0.2, 0.25) is 5.91 Å². The number of nitrogens with one attached hydrogen (secondary N) is 1. The van der Waals surface area contributed by atoms with Crippen molar-refractivity contribution in [2.75, 3.05) is 19.6 Å². The van der Waals surface area contributed by atoms with Crippen LogP contribution in [0.1, 0.15) is 51.4 Å². The van der Waals surface area contributed by atoms with Crippen molar-refractivity contribution in [2.45, 2.75) is 57.4 Å². The highest BCUT2D eigenvalue weighted by Crippen LogP contribution is 2.29. The van der Waals surface area contributed by atoms with Gasteiger partial charge in [-0.2, -0.15) is 0 Å². The Balaban J connectivity index is 1.86. The van der Waals surface area contributed by atoms with Crippen molar-refractivity contribution < 1.29 is 14.7 Å². The summed E-state index contributed by atoms with van der Waals surface area (Å²) in [5, 5.41) is 11.7. The molecule has 2 aliphatic rings. The normalized spacial score (nSPS) is 25.4. The fourth-order valence-electron chi connectivity index (χ4n) is 3.46. The molecule has 1 amide bonds. The van der Waals surface area contributed by atoms with E-state index in [-0.39, 0.29) is 18.4 Å². The first kappa shape index (κ1) is 15.3. The molecule has 1 saturated heterocycles. The summed E-state index contributed by atoms with van der Waals surface area (Å²) >= 11 is 0. The van der Waals surface area contributed by atoms with Crippen LogP contribution in [0, 0.1) is 5.92 Å². The van der Waals surface area contributed by atoms with Gasteiger partial charge in [0, 0.05) is 19.5 Å². The van der Waals surface area contributed by atoms with Crippen LogP contribution in [0.15, 0.2) is 0 Å². The summed E-state index contributed by atoms with van der Waals surface area (Å²) in [7, 11) is 0. The molecule has 5 nitrogen and oxygen atoms in total. The van der Waals surface area contributed by atoms with E-state index in [1.54, 1.807) is 0 Å². The lowest BCUT2D eigenvalue weighted by Gasteiger charge is -2.37. The third kappa shape index (κ3) is 4.47. The van der Waals surface area contributed by atoms with E-state index in [1.165, 1.54) is 32.1 Å².